The summed E-state index contributed by atoms with van der Waals surface area (Å²) in [5, 5.41) is 33.9. The fraction of sp³-hybridized carbons (Fsp3) is 0.900. The number of aliphatic hydroxyl groups excluding tert-OH is 3. The average Bonchev–Trinajstić information content (AvgIpc) is 3.71. The molecule has 1 aromatic rings. The highest BCUT2D eigenvalue weighted by Gasteiger charge is 2.44. The summed E-state index contributed by atoms with van der Waals surface area (Å²) in [7, 11) is 3.24. The number of rotatable bonds is 33. The van der Waals surface area contributed by atoms with Crippen LogP contribution < -0.4 is 0 Å². The Labute approximate surface area is 287 Å². The van der Waals surface area contributed by atoms with Crippen molar-refractivity contribution >= 4 is 5.91 Å². The Hall–Kier alpha value is -1.95. The summed E-state index contributed by atoms with van der Waals surface area (Å²) in [6.07, 6.45) is -3.54. The molecule has 3 N–H and O–H groups in total. The number of ether oxygens (including phenoxy) is 11. The van der Waals surface area contributed by atoms with Crippen LogP contribution in [0.2, 0.25) is 0 Å². The number of aliphatic hydroxyl groups is 3. The molecule has 1 aliphatic heterocycles. The lowest BCUT2D eigenvalue weighted by Gasteiger charge is -2.21. The molecule has 1 saturated heterocycles. The number of hydrogen-bond donors (Lipinski definition) is 3. The monoisotopic (exact) mass is 712 g/mol. The molecule has 0 bridgehead atoms. The topological polar surface area (TPSA) is 213 Å². The molecule has 286 valence electrons. The first-order valence-electron chi connectivity index (χ1n) is 16.5. The van der Waals surface area contributed by atoms with Crippen LogP contribution in [0, 0.1) is 0 Å². The molecule has 0 spiro atoms. The van der Waals surface area contributed by atoms with Crippen molar-refractivity contribution in [3.8, 4) is 0 Å². The quantitative estimate of drug-likeness (QED) is 0.0657. The molecule has 2 heterocycles. The van der Waals surface area contributed by atoms with E-state index in [0.717, 1.165) is 4.68 Å². The molecule has 0 saturated carbocycles. The van der Waals surface area contributed by atoms with Gasteiger partial charge in [-0.3, -0.25) is 4.79 Å². The van der Waals surface area contributed by atoms with Crippen LogP contribution in [0.4, 0.5) is 0 Å². The van der Waals surface area contributed by atoms with Gasteiger partial charge in [-0.05, 0) is 0 Å². The molecule has 4 atom stereocenters. The lowest BCUT2D eigenvalue weighted by atomic mass is 10.1. The van der Waals surface area contributed by atoms with Crippen molar-refractivity contribution in [1.29, 1.82) is 0 Å². The Balaban J connectivity index is 1.69. The van der Waals surface area contributed by atoms with Crippen molar-refractivity contribution in [2.24, 2.45) is 0 Å². The lowest BCUT2D eigenvalue weighted by Crippen LogP contribution is -2.38. The number of amides is 1. The van der Waals surface area contributed by atoms with E-state index in [-0.39, 0.29) is 32.1 Å². The average molecular weight is 713 g/mol. The molecule has 0 aromatic carbocycles. The van der Waals surface area contributed by atoms with Crippen molar-refractivity contribution in [3.05, 3.63) is 12.2 Å². The first-order valence-corrected chi connectivity index (χ1v) is 16.5. The molecular weight excluding hydrogens is 656 g/mol. The van der Waals surface area contributed by atoms with E-state index in [9.17, 15) is 20.1 Å². The van der Waals surface area contributed by atoms with Gasteiger partial charge in [0.25, 0.3) is 5.91 Å². The number of carbonyl (C=O) groups excluding carboxylic acids is 1. The fourth-order valence-corrected chi connectivity index (χ4v) is 4.21. The van der Waals surface area contributed by atoms with E-state index in [1.54, 1.807) is 14.2 Å². The Bertz CT molecular complexity index is 902. The van der Waals surface area contributed by atoms with Crippen molar-refractivity contribution in [2.75, 3.05) is 153 Å². The molecule has 19 nitrogen and oxygen atoms in total. The van der Waals surface area contributed by atoms with Gasteiger partial charge in [-0.1, -0.05) is 0 Å². The highest BCUT2D eigenvalue weighted by Crippen LogP contribution is 2.28. The van der Waals surface area contributed by atoms with Gasteiger partial charge in [0.05, 0.1) is 126 Å². The smallest absolute Gasteiger partial charge is 0.293 e. The lowest BCUT2D eigenvalue weighted by molar-refractivity contribution is -0.0589. The molecule has 19 heteroatoms. The van der Waals surface area contributed by atoms with Gasteiger partial charge in [0, 0.05) is 27.3 Å². The second kappa shape index (κ2) is 28.7. The Kier molecular flexibility index (Phi) is 25.3. The normalized spacial score (nSPS) is 19.2. The van der Waals surface area contributed by atoms with Crippen LogP contribution in [0.15, 0.2) is 6.33 Å². The van der Waals surface area contributed by atoms with Gasteiger partial charge in [-0.15, -0.1) is 5.10 Å². The second-order valence-electron chi connectivity index (χ2n) is 10.5. The SMILES string of the molecule is COCCOCCOCCOCCOCCN(CCOCCOCCOCCOCCOC)C(=O)c1ncn([C@@H]2O[C@H](CO)[C@@H](O)[C@H]2O)n1. The number of hydrogen-bond acceptors (Lipinski definition) is 17. The van der Waals surface area contributed by atoms with Crippen molar-refractivity contribution in [3.63, 3.8) is 0 Å². The molecule has 0 radical (unpaired) electrons. The van der Waals surface area contributed by atoms with E-state index in [2.05, 4.69) is 10.1 Å². The van der Waals surface area contributed by atoms with Crippen LogP contribution in [-0.2, 0) is 52.1 Å². The molecule has 0 unspecified atom stereocenters. The third kappa shape index (κ3) is 18.7. The summed E-state index contributed by atoms with van der Waals surface area (Å²) in [6.45, 7) is 7.50. The third-order valence-corrected chi connectivity index (χ3v) is 6.87. The molecular formula is C30H56N4O15. The largest absolute Gasteiger partial charge is 0.394 e. The van der Waals surface area contributed by atoms with Gasteiger partial charge in [-0.25, -0.2) is 9.67 Å². The van der Waals surface area contributed by atoms with Crippen molar-refractivity contribution < 1.29 is 72.2 Å². The minimum atomic E-state index is -1.36. The fourth-order valence-electron chi connectivity index (χ4n) is 4.21. The summed E-state index contributed by atoms with van der Waals surface area (Å²) < 4.78 is 60.3. The van der Waals surface area contributed by atoms with Gasteiger partial charge < -0.3 is 72.3 Å². The van der Waals surface area contributed by atoms with Crippen LogP contribution in [0.5, 0.6) is 0 Å². The van der Waals surface area contributed by atoms with E-state index in [1.807, 2.05) is 0 Å². The first kappa shape index (κ1) is 43.2. The second-order valence-corrected chi connectivity index (χ2v) is 10.5. The Morgan fingerprint density at radius 3 is 1.43 bits per heavy atom. The molecule has 1 amide bonds. The summed E-state index contributed by atoms with van der Waals surface area (Å²) in [6, 6.07) is 0. The van der Waals surface area contributed by atoms with E-state index in [1.165, 1.54) is 11.2 Å². The first-order chi connectivity index (χ1) is 24.0. The van der Waals surface area contributed by atoms with E-state index >= 15 is 0 Å². The highest BCUT2D eigenvalue weighted by atomic mass is 16.6. The summed E-state index contributed by atoms with van der Waals surface area (Å²) in [4.78, 5) is 18.9. The van der Waals surface area contributed by atoms with Crippen LogP contribution in [0.25, 0.3) is 0 Å². The van der Waals surface area contributed by atoms with Gasteiger partial charge in [0.1, 0.15) is 24.6 Å². The molecule has 49 heavy (non-hydrogen) atoms. The Morgan fingerprint density at radius 1 is 0.673 bits per heavy atom. The molecule has 1 aliphatic rings. The van der Waals surface area contributed by atoms with Crippen LogP contribution >= 0.6 is 0 Å². The van der Waals surface area contributed by atoms with Crippen LogP contribution in [0.3, 0.4) is 0 Å². The number of aromatic nitrogens is 3. The predicted molar refractivity (Wildman–Crippen MR) is 169 cm³/mol. The number of nitrogens with zero attached hydrogens (tertiary/aromatic N) is 4. The minimum absolute atomic E-state index is 0.141. The zero-order chi connectivity index (χ0) is 35.4. The van der Waals surface area contributed by atoms with E-state index in [0.29, 0.717) is 106 Å². The van der Waals surface area contributed by atoms with E-state index < -0.39 is 37.1 Å². The summed E-state index contributed by atoms with van der Waals surface area (Å²) in [5.74, 6) is -0.630. The Morgan fingerprint density at radius 2 is 1.06 bits per heavy atom. The van der Waals surface area contributed by atoms with Crippen LogP contribution in [0.1, 0.15) is 16.8 Å². The van der Waals surface area contributed by atoms with Crippen LogP contribution in [-0.4, -0.2) is 212 Å². The number of methoxy groups -OCH3 is 2. The molecule has 1 fully saturated rings. The van der Waals surface area contributed by atoms with Crippen molar-refractivity contribution in [2.45, 2.75) is 24.5 Å². The standard InChI is InChI=1S/C30H56N4O15/c1-39-7-9-43-15-17-47-21-19-45-13-11-41-5-3-33(4-6-42-12-14-46-20-22-48-18-16-44-10-8-40-2)29(38)28-31-24-34(32-28)30-27(37)26(36)25(23-35)49-30/h24-27,30,35-37H,3-23H2,1-2H3/t25-,26-,27-,30-/m1/s1. The predicted octanol–water partition coefficient (Wildman–Crippen LogP) is -2.24. The maximum atomic E-state index is 13.3. The van der Waals surface area contributed by atoms with E-state index in [4.69, 9.17) is 52.1 Å². The van der Waals surface area contributed by atoms with Gasteiger partial charge in [0.2, 0.25) is 5.82 Å². The summed E-state index contributed by atoms with van der Waals surface area (Å²) >= 11 is 0. The molecule has 0 aliphatic carbocycles. The highest BCUT2D eigenvalue weighted by molar-refractivity contribution is 5.90. The zero-order valence-electron chi connectivity index (χ0n) is 28.8. The van der Waals surface area contributed by atoms with Gasteiger partial charge in [0.15, 0.2) is 6.23 Å². The molecule has 2 rings (SSSR count). The number of carbonyl (C=O) groups is 1. The maximum Gasteiger partial charge on any atom is 0.293 e. The molecule has 1 aromatic heterocycles. The third-order valence-electron chi connectivity index (χ3n) is 6.87. The van der Waals surface area contributed by atoms with Gasteiger partial charge >= 0.3 is 0 Å². The summed E-state index contributed by atoms with van der Waals surface area (Å²) in [5.41, 5.74) is 0. The maximum absolute atomic E-state index is 13.3. The zero-order valence-corrected chi connectivity index (χ0v) is 28.8. The van der Waals surface area contributed by atoms with Crippen molar-refractivity contribution in [1.82, 2.24) is 19.7 Å². The van der Waals surface area contributed by atoms with Gasteiger partial charge in [-0.2, -0.15) is 0 Å². The minimum Gasteiger partial charge on any atom is -0.394 e.